The Bertz CT molecular complexity index is 647. The Hall–Kier alpha value is -2.08. The summed E-state index contributed by atoms with van der Waals surface area (Å²) in [7, 11) is 0. The minimum Gasteiger partial charge on any atom is -0.476 e. The number of fused-ring (bicyclic) bond motifs is 1. The summed E-state index contributed by atoms with van der Waals surface area (Å²) < 4.78 is 7.28. The van der Waals surface area contributed by atoms with Gasteiger partial charge in [-0.25, -0.2) is 9.78 Å². The molecule has 0 saturated carbocycles. The maximum absolute atomic E-state index is 11.6. The van der Waals surface area contributed by atoms with Gasteiger partial charge in [0, 0.05) is 25.9 Å². The highest BCUT2D eigenvalue weighted by Gasteiger charge is 2.25. The summed E-state index contributed by atoms with van der Waals surface area (Å²) in [5, 5.41) is 9.54. The average molecular weight is 289 g/mol. The molecule has 0 aliphatic carbocycles. The van der Waals surface area contributed by atoms with Crippen LogP contribution in [0.4, 0.5) is 5.82 Å². The smallest absolute Gasteiger partial charge is 0.356 e. The van der Waals surface area contributed by atoms with Crippen LogP contribution >= 0.6 is 0 Å². The van der Waals surface area contributed by atoms with E-state index >= 15 is 0 Å². The number of aromatic nitrogens is 2. The third-order valence-corrected chi connectivity index (χ3v) is 3.84. The second kappa shape index (κ2) is 5.73. The zero-order valence-electron chi connectivity index (χ0n) is 12.0. The number of carboxylic acids is 1. The van der Waals surface area contributed by atoms with Crippen LogP contribution in [0.25, 0.3) is 5.65 Å². The van der Waals surface area contributed by atoms with Crippen molar-refractivity contribution in [2.45, 2.75) is 25.9 Å². The lowest BCUT2D eigenvalue weighted by Crippen LogP contribution is -2.33. The molecule has 6 heteroatoms. The first-order chi connectivity index (χ1) is 10.2. The van der Waals surface area contributed by atoms with Crippen LogP contribution in [0.15, 0.2) is 24.4 Å². The highest BCUT2D eigenvalue weighted by molar-refractivity contribution is 5.93. The van der Waals surface area contributed by atoms with Crippen molar-refractivity contribution in [1.82, 2.24) is 9.38 Å². The zero-order chi connectivity index (χ0) is 14.8. The third kappa shape index (κ3) is 2.58. The molecular weight excluding hydrogens is 270 g/mol. The molecule has 0 aromatic carbocycles. The van der Waals surface area contributed by atoms with E-state index in [1.807, 2.05) is 24.0 Å². The fourth-order valence-corrected chi connectivity index (χ4v) is 2.80. The molecule has 2 aromatic heterocycles. The van der Waals surface area contributed by atoms with Gasteiger partial charge in [0.1, 0.15) is 5.65 Å². The number of likely N-dealkylation sites (N-methyl/N-ethyl adjacent to an activating group) is 1. The van der Waals surface area contributed by atoms with Gasteiger partial charge in [-0.1, -0.05) is 6.07 Å². The van der Waals surface area contributed by atoms with Crippen LogP contribution in [-0.4, -0.2) is 46.3 Å². The quantitative estimate of drug-likeness (QED) is 0.912. The van der Waals surface area contributed by atoms with Gasteiger partial charge in [0.15, 0.2) is 11.5 Å². The first kappa shape index (κ1) is 13.9. The van der Waals surface area contributed by atoms with Crippen molar-refractivity contribution >= 4 is 17.4 Å². The highest BCUT2D eigenvalue weighted by Crippen LogP contribution is 2.24. The zero-order valence-corrected chi connectivity index (χ0v) is 12.0. The number of anilines is 1. The summed E-state index contributed by atoms with van der Waals surface area (Å²) in [5.74, 6) is -0.443. The van der Waals surface area contributed by atoms with E-state index in [-0.39, 0.29) is 11.8 Å². The standard InChI is InChI=1S/C15H19N3O3/c1-2-17(10-11-6-5-9-21-11)14-13(15(19)20)18-8-4-3-7-12(18)16-14/h3-4,7-8,11H,2,5-6,9-10H2,1H3,(H,19,20). The Labute approximate surface area is 123 Å². The molecule has 6 nitrogen and oxygen atoms in total. The van der Waals surface area contributed by atoms with E-state index in [1.54, 1.807) is 16.7 Å². The lowest BCUT2D eigenvalue weighted by Gasteiger charge is -2.24. The van der Waals surface area contributed by atoms with Crippen LogP contribution in [0, 0.1) is 0 Å². The number of rotatable bonds is 5. The molecule has 112 valence electrons. The summed E-state index contributed by atoms with van der Waals surface area (Å²) in [6.45, 7) is 4.18. The van der Waals surface area contributed by atoms with Crippen molar-refractivity contribution in [3.63, 3.8) is 0 Å². The molecule has 1 aliphatic heterocycles. The van der Waals surface area contributed by atoms with Gasteiger partial charge in [-0.15, -0.1) is 0 Å². The third-order valence-electron chi connectivity index (χ3n) is 3.84. The fourth-order valence-electron chi connectivity index (χ4n) is 2.80. The number of carboxylic acid groups (broad SMARTS) is 1. The molecular formula is C15H19N3O3. The number of imidazole rings is 1. The largest absolute Gasteiger partial charge is 0.476 e. The van der Waals surface area contributed by atoms with Gasteiger partial charge in [0.05, 0.1) is 6.10 Å². The molecule has 3 heterocycles. The molecule has 1 saturated heterocycles. The highest BCUT2D eigenvalue weighted by atomic mass is 16.5. The van der Waals surface area contributed by atoms with Crippen LogP contribution in [0.1, 0.15) is 30.3 Å². The number of hydrogen-bond donors (Lipinski definition) is 1. The summed E-state index contributed by atoms with van der Waals surface area (Å²) in [4.78, 5) is 18.1. The Balaban J connectivity index is 2.00. The normalized spacial score (nSPS) is 18.2. The maximum Gasteiger partial charge on any atom is 0.356 e. The lowest BCUT2D eigenvalue weighted by atomic mass is 10.2. The number of ether oxygens (including phenoxy) is 1. The number of hydrogen-bond acceptors (Lipinski definition) is 4. The van der Waals surface area contributed by atoms with E-state index in [0.29, 0.717) is 24.6 Å². The van der Waals surface area contributed by atoms with E-state index < -0.39 is 5.97 Å². The fraction of sp³-hybridized carbons (Fsp3) is 0.467. The molecule has 0 bridgehead atoms. The lowest BCUT2D eigenvalue weighted by molar-refractivity contribution is 0.0689. The molecule has 1 unspecified atom stereocenters. The van der Waals surface area contributed by atoms with Gasteiger partial charge in [-0.05, 0) is 31.9 Å². The van der Waals surface area contributed by atoms with E-state index in [4.69, 9.17) is 4.74 Å². The summed E-state index contributed by atoms with van der Waals surface area (Å²) in [5.41, 5.74) is 0.862. The number of nitrogens with zero attached hydrogens (tertiary/aromatic N) is 3. The number of aromatic carboxylic acids is 1. The first-order valence-corrected chi connectivity index (χ1v) is 7.27. The number of pyridine rings is 1. The number of carbonyl (C=O) groups is 1. The van der Waals surface area contributed by atoms with Crippen LogP contribution < -0.4 is 4.90 Å². The van der Waals surface area contributed by atoms with Gasteiger partial charge in [-0.3, -0.25) is 4.40 Å². The van der Waals surface area contributed by atoms with Crippen molar-refractivity contribution in [3.8, 4) is 0 Å². The van der Waals surface area contributed by atoms with Crippen molar-refractivity contribution in [3.05, 3.63) is 30.1 Å². The van der Waals surface area contributed by atoms with Crippen LogP contribution in [-0.2, 0) is 4.74 Å². The van der Waals surface area contributed by atoms with E-state index in [9.17, 15) is 9.90 Å². The molecule has 21 heavy (non-hydrogen) atoms. The molecule has 1 N–H and O–H groups in total. The molecule has 0 spiro atoms. The van der Waals surface area contributed by atoms with Crippen LogP contribution in [0.2, 0.25) is 0 Å². The Morgan fingerprint density at radius 2 is 2.43 bits per heavy atom. The van der Waals surface area contributed by atoms with Gasteiger partial charge < -0.3 is 14.7 Å². The minimum atomic E-state index is -0.963. The van der Waals surface area contributed by atoms with Crippen LogP contribution in [0.3, 0.4) is 0 Å². The monoisotopic (exact) mass is 289 g/mol. The summed E-state index contributed by atoms with van der Waals surface area (Å²) in [6, 6.07) is 5.48. The van der Waals surface area contributed by atoms with Crippen molar-refractivity contribution in [1.29, 1.82) is 0 Å². The molecule has 1 aliphatic rings. The molecule has 0 radical (unpaired) electrons. The predicted molar refractivity (Wildman–Crippen MR) is 79.0 cm³/mol. The summed E-state index contributed by atoms with van der Waals surface area (Å²) in [6.07, 6.45) is 3.98. The Morgan fingerprint density at radius 3 is 3.10 bits per heavy atom. The van der Waals surface area contributed by atoms with Gasteiger partial charge in [0.25, 0.3) is 0 Å². The average Bonchev–Trinajstić information content (AvgIpc) is 3.11. The molecule has 0 amide bonds. The van der Waals surface area contributed by atoms with Gasteiger partial charge in [-0.2, -0.15) is 0 Å². The van der Waals surface area contributed by atoms with Crippen molar-refractivity contribution < 1.29 is 14.6 Å². The second-order valence-electron chi connectivity index (χ2n) is 5.19. The molecule has 3 rings (SSSR count). The molecule has 2 aromatic rings. The van der Waals surface area contributed by atoms with Gasteiger partial charge >= 0.3 is 5.97 Å². The van der Waals surface area contributed by atoms with E-state index in [2.05, 4.69) is 4.98 Å². The van der Waals surface area contributed by atoms with Crippen LogP contribution in [0.5, 0.6) is 0 Å². The predicted octanol–water partition coefficient (Wildman–Crippen LogP) is 2.04. The van der Waals surface area contributed by atoms with E-state index in [1.165, 1.54) is 0 Å². The maximum atomic E-state index is 11.6. The Kier molecular flexibility index (Phi) is 3.79. The second-order valence-corrected chi connectivity index (χ2v) is 5.19. The van der Waals surface area contributed by atoms with Crippen molar-refractivity contribution in [2.24, 2.45) is 0 Å². The first-order valence-electron chi connectivity index (χ1n) is 7.27. The Morgan fingerprint density at radius 1 is 1.57 bits per heavy atom. The van der Waals surface area contributed by atoms with Gasteiger partial charge in [0.2, 0.25) is 0 Å². The summed E-state index contributed by atoms with van der Waals surface area (Å²) >= 11 is 0. The molecule has 1 fully saturated rings. The SMILES string of the molecule is CCN(CC1CCCO1)c1nc2ccccn2c1C(=O)O. The molecule has 1 atom stereocenters. The van der Waals surface area contributed by atoms with Crippen molar-refractivity contribution in [2.75, 3.05) is 24.6 Å². The topological polar surface area (TPSA) is 67.1 Å². The van der Waals surface area contributed by atoms with E-state index in [0.717, 1.165) is 19.4 Å². The minimum absolute atomic E-state index is 0.163.